The Balaban J connectivity index is 2.01. The normalized spacial score (nSPS) is 11.2. The van der Waals surface area contributed by atoms with Crippen LogP contribution in [0.3, 0.4) is 0 Å². The van der Waals surface area contributed by atoms with Gasteiger partial charge in [-0.15, -0.1) is 0 Å². The highest BCUT2D eigenvalue weighted by molar-refractivity contribution is 5.64. The lowest BCUT2D eigenvalue weighted by Gasteiger charge is -2.05. The molecule has 0 fully saturated rings. The molecule has 0 N–H and O–H groups in total. The van der Waals surface area contributed by atoms with Crippen molar-refractivity contribution in [2.75, 3.05) is 0 Å². The van der Waals surface area contributed by atoms with Gasteiger partial charge in [-0.05, 0) is 30.7 Å². The standard InChI is InChI=1S/C15H12F2N2O/c1-10-5-6-14-18-13(9-19(14)8-10)11-3-2-4-12(7-11)20-15(16)17/h2-9,15H,1H3. The van der Waals surface area contributed by atoms with E-state index in [1.54, 1.807) is 12.1 Å². The molecule has 102 valence electrons. The van der Waals surface area contributed by atoms with E-state index in [-0.39, 0.29) is 5.75 Å². The van der Waals surface area contributed by atoms with Gasteiger partial charge in [0.05, 0.1) is 5.69 Å². The number of imidazole rings is 1. The zero-order chi connectivity index (χ0) is 14.1. The van der Waals surface area contributed by atoms with E-state index < -0.39 is 6.61 Å². The molecule has 0 unspecified atom stereocenters. The molecule has 0 radical (unpaired) electrons. The highest BCUT2D eigenvalue weighted by Crippen LogP contribution is 2.24. The maximum atomic E-state index is 12.2. The first-order valence-electron chi connectivity index (χ1n) is 6.12. The molecule has 3 rings (SSSR count). The lowest BCUT2D eigenvalue weighted by molar-refractivity contribution is -0.0498. The maximum absolute atomic E-state index is 12.2. The van der Waals surface area contributed by atoms with Crippen molar-refractivity contribution >= 4 is 5.65 Å². The van der Waals surface area contributed by atoms with Crippen LogP contribution >= 0.6 is 0 Å². The molecule has 0 spiro atoms. The first-order chi connectivity index (χ1) is 9.61. The number of hydrogen-bond donors (Lipinski definition) is 0. The number of rotatable bonds is 3. The summed E-state index contributed by atoms with van der Waals surface area (Å²) in [5.41, 5.74) is 3.39. The molecule has 3 nitrogen and oxygen atoms in total. The van der Waals surface area contributed by atoms with E-state index in [9.17, 15) is 8.78 Å². The molecule has 0 aliphatic carbocycles. The van der Waals surface area contributed by atoms with E-state index in [1.165, 1.54) is 6.07 Å². The fourth-order valence-corrected chi connectivity index (χ4v) is 2.07. The van der Waals surface area contributed by atoms with Crippen LogP contribution < -0.4 is 4.74 Å². The first-order valence-corrected chi connectivity index (χ1v) is 6.12. The van der Waals surface area contributed by atoms with Gasteiger partial charge in [-0.25, -0.2) is 4.98 Å². The summed E-state index contributed by atoms with van der Waals surface area (Å²) in [7, 11) is 0. The van der Waals surface area contributed by atoms with Crippen molar-refractivity contribution in [3.8, 4) is 17.0 Å². The highest BCUT2D eigenvalue weighted by Gasteiger charge is 2.08. The predicted octanol–water partition coefficient (Wildman–Crippen LogP) is 3.91. The van der Waals surface area contributed by atoms with Gasteiger partial charge in [-0.1, -0.05) is 18.2 Å². The van der Waals surface area contributed by atoms with Crippen LogP contribution in [0.1, 0.15) is 5.56 Å². The lowest BCUT2D eigenvalue weighted by atomic mass is 10.1. The van der Waals surface area contributed by atoms with Crippen molar-refractivity contribution in [3.05, 3.63) is 54.4 Å². The Bertz CT molecular complexity index is 752. The van der Waals surface area contributed by atoms with Crippen LogP contribution in [0, 0.1) is 6.92 Å². The summed E-state index contributed by atoms with van der Waals surface area (Å²) in [6, 6.07) is 10.4. The molecule has 1 aromatic carbocycles. The molecule has 0 saturated heterocycles. The SMILES string of the molecule is Cc1ccc2nc(-c3cccc(OC(F)F)c3)cn2c1. The average molecular weight is 274 g/mol. The molecule has 2 aromatic heterocycles. The molecule has 0 aliphatic heterocycles. The Hall–Kier alpha value is -2.43. The number of hydrogen-bond acceptors (Lipinski definition) is 2. The van der Waals surface area contributed by atoms with E-state index in [0.717, 1.165) is 22.5 Å². The van der Waals surface area contributed by atoms with Crippen molar-refractivity contribution in [2.24, 2.45) is 0 Å². The number of ether oxygens (including phenoxy) is 1. The lowest BCUT2D eigenvalue weighted by Crippen LogP contribution is -2.01. The van der Waals surface area contributed by atoms with Gasteiger partial charge in [-0.2, -0.15) is 8.78 Å². The monoisotopic (exact) mass is 274 g/mol. The van der Waals surface area contributed by atoms with Crippen LogP contribution in [0.2, 0.25) is 0 Å². The minimum absolute atomic E-state index is 0.130. The van der Waals surface area contributed by atoms with Gasteiger partial charge >= 0.3 is 6.61 Å². The van der Waals surface area contributed by atoms with Crippen LogP contribution in [0.25, 0.3) is 16.9 Å². The maximum Gasteiger partial charge on any atom is 0.387 e. The Labute approximate surface area is 114 Å². The number of nitrogens with zero attached hydrogens (tertiary/aromatic N) is 2. The number of aryl methyl sites for hydroxylation is 1. The second-order valence-corrected chi connectivity index (χ2v) is 4.50. The molecule has 0 aliphatic rings. The highest BCUT2D eigenvalue weighted by atomic mass is 19.3. The number of aromatic nitrogens is 2. The summed E-state index contributed by atoms with van der Waals surface area (Å²) in [6.07, 6.45) is 3.83. The van der Waals surface area contributed by atoms with Crippen molar-refractivity contribution in [1.29, 1.82) is 0 Å². The van der Waals surface area contributed by atoms with Crippen molar-refractivity contribution < 1.29 is 13.5 Å². The third-order valence-electron chi connectivity index (χ3n) is 2.95. The Morgan fingerprint density at radius 2 is 2.00 bits per heavy atom. The Morgan fingerprint density at radius 1 is 1.15 bits per heavy atom. The van der Waals surface area contributed by atoms with Gasteiger partial charge in [0.1, 0.15) is 11.4 Å². The summed E-state index contributed by atoms with van der Waals surface area (Å²) < 4.78 is 30.8. The topological polar surface area (TPSA) is 26.5 Å². The van der Waals surface area contributed by atoms with Crippen LogP contribution in [0.5, 0.6) is 5.75 Å². The Kier molecular flexibility index (Phi) is 3.10. The second-order valence-electron chi connectivity index (χ2n) is 4.50. The Morgan fingerprint density at radius 3 is 2.80 bits per heavy atom. The minimum Gasteiger partial charge on any atom is -0.435 e. The smallest absolute Gasteiger partial charge is 0.387 e. The summed E-state index contributed by atoms with van der Waals surface area (Å²) in [4.78, 5) is 4.46. The van der Waals surface area contributed by atoms with Crippen molar-refractivity contribution in [3.63, 3.8) is 0 Å². The number of halogens is 2. The number of benzene rings is 1. The summed E-state index contributed by atoms with van der Waals surface area (Å²) >= 11 is 0. The third-order valence-corrected chi connectivity index (χ3v) is 2.95. The van der Waals surface area contributed by atoms with Crippen LogP contribution in [-0.4, -0.2) is 16.0 Å². The molecule has 2 heterocycles. The minimum atomic E-state index is -2.83. The number of pyridine rings is 1. The second kappa shape index (κ2) is 4.92. The quantitative estimate of drug-likeness (QED) is 0.724. The van der Waals surface area contributed by atoms with Gasteiger partial charge in [-0.3, -0.25) is 0 Å². The molecule has 20 heavy (non-hydrogen) atoms. The largest absolute Gasteiger partial charge is 0.435 e. The van der Waals surface area contributed by atoms with Crippen molar-refractivity contribution in [2.45, 2.75) is 13.5 Å². The molecular formula is C15H12F2N2O. The fourth-order valence-electron chi connectivity index (χ4n) is 2.07. The zero-order valence-corrected chi connectivity index (χ0v) is 10.8. The molecule has 0 amide bonds. The van der Waals surface area contributed by atoms with Gasteiger partial charge in [0.2, 0.25) is 0 Å². The van der Waals surface area contributed by atoms with Gasteiger partial charge in [0.25, 0.3) is 0 Å². The summed E-state index contributed by atoms with van der Waals surface area (Å²) in [5.74, 6) is 0.130. The molecule has 0 atom stereocenters. The van der Waals surface area contributed by atoms with E-state index in [0.29, 0.717) is 0 Å². The van der Waals surface area contributed by atoms with Gasteiger partial charge < -0.3 is 9.14 Å². The van der Waals surface area contributed by atoms with Crippen LogP contribution in [-0.2, 0) is 0 Å². The molecule has 0 saturated carbocycles. The van der Waals surface area contributed by atoms with E-state index in [1.807, 2.05) is 41.9 Å². The predicted molar refractivity (Wildman–Crippen MR) is 72.0 cm³/mol. The van der Waals surface area contributed by atoms with E-state index in [2.05, 4.69) is 9.72 Å². The van der Waals surface area contributed by atoms with E-state index >= 15 is 0 Å². The first kappa shape index (κ1) is 12.6. The molecule has 5 heteroatoms. The van der Waals surface area contributed by atoms with Crippen LogP contribution in [0.4, 0.5) is 8.78 Å². The van der Waals surface area contributed by atoms with Crippen LogP contribution in [0.15, 0.2) is 48.8 Å². The van der Waals surface area contributed by atoms with E-state index in [4.69, 9.17) is 0 Å². The fraction of sp³-hybridized carbons (Fsp3) is 0.133. The van der Waals surface area contributed by atoms with Gasteiger partial charge in [0.15, 0.2) is 0 Å². The summed E-state index contributed by atoms with van der Waals surface area (Å²) in [6.45, 7) is -0.829. The molecular weight excluding hydrogens is 262 g/mol. The molecule has 0 bridgehead atoms. The number of fused-ring (bicyclic) bond motifs is 1. The zero-order valence-electron chi connectivity index (χ0n) is 10.8. The molecule has 3 aromatic rings. The summed E-state index contributed by atoms with van der Waals surface area (Å²) in [5, 5.41) is 0. The third kappa shape index (κ3) is 2.47. The average Bonchev–Trinajstić information content (AvgIpc) is 2.81. The van der Waals surface area contributed by atoms with Gasteiger partial charge in [0, 0.05) is 18.0 Å². The van der Waals surface area contributed by atoms with Crippen molar-refractivity contribution in [1.82, 2.24) is 9.38 Å². The number of alkyl halides is 2.